The van der Waals surface area contributed by atoms with Crippen LogP contribution in [0.15, 0.2) is 30.3 Å². The van der Waals surface area contributed by atoms with E-state index in [1.165, 1.54) is 4.90 Å². The lowest BCUT2D eigenvalue weighted by Crippen LogP contribution is -2.56. The number of piperazine rings is 1. The summed E-state index contributed by atoms with van der Waals surface area (Å²) in [6, 6.07) is 8.47. The van der Waals surface area contributed by atoms with E-state index in [9.17, 15) is 14.4 Å². The van der Waals surface area contributed by atoms with Gasteiger partial charge in [0.25, 0.3) is 5.91 Å². The molecule has 0 spiro atoms. The highest BCUT2D eigenvalue weighted by Gasteiger charge is 2.50. The van der Waals surface area contributed by atoms with E-state index < -0.39 is 6.04 Å². The molecule has 0 aliphatic carbocycles. The lowest BCUT2D eigenvalue weighted by molar-refractivity contribution is -0.140. The van der Waals surface area contributed by atoms with Gasteiger partial charge in [-0.15, -0.1) is 0 Å². The van der Waals surface area contributed by atoms with E-state index in [0.717, 1.165) is 31.5 Å². The molecular weight excluding hydrogens is 344 g/mol. The number of nitrogens with one attached hydrogen (secondary N) is 1. The summed E-state index contributed by atoms with van der Waals surface area (Å²) < 4.78 is 0. The molecule has 1 aromatic rings. The molecule has 0 aromatic heterocycles. The third-order valence-corrected chi connectivity index (χ3v) is 6.02. The van der Waals surface area contributed by atoms with Gasteiger partial charge in [-0.3, -0.25) is 14.5 Å². The fraction of sp³-hybridized carbons (Fsp3) is 0.550. The number of imide groups is 1. The molecule has 144 valence electrons. The maximum atomic E-state index is 13.0. The lowest BCUT2D eigenvalue weighted by Gasteiger charge is -2.37. The highest BCUT2D eigenvalue weighted by Crippen LogP contribution is 2.31. The average molecular weight is 370 g/mol. The van der Waals surface area contributed by atoms with Gasteiger partial charge in [-0.1, -0.05) is 30.3 Å². The summed E-state index contributed by atoms with van der Waals surface area (Å²) >= 11 is 0. The Kier molecular flexibility index (Phi) is 4.86. The molecular formula is C20H26N4O3. The van der Waals surface area contributed by atoms with Crippen molar-refractivity contribution in [2.24, 2.45) is 5.92 Å². The Hall–Kier alpha value is -2.41. The first-order valence-corrected chi connectivity index (χ1v) is 9.76. The number of hydrogen-bond acceptors (Lipinski definition) is 4. The monoisotopic (exact) mass is 370 g/mol. The van der Waals surface area contributed by atoms with E-state index in [2.05, 4.69) is 5.32 Å². The van der Waals surface area contributed by atoms with Crippen molar-refractivity contribution in [2.45, 2.75) is 31.8 Å². The lowest BCUT2D eigenvalue weighted by atomic mass is 9.96. The van der Waals surface area contributed by atoms with Crippen LogP contribution in [-0.2, 0) is 9.59 Å². The molecule has 0 radical (unpaired) electrons. The smallest absolute Gasteiger partial charge is 0.328 e. The topological polar surface area (TPSA) is 73.0 Å². The number of amides is 4. The first kappa shape index (κ1) is 18.0. The molecule has 4 amide bonds. The Morgan fingerprint density at radius 3 is 2.52 bits per heavy atom. The second-order valence-corrected chi connectivity index (χ2v) is 7.60. The van der Waals surface area contributed by atoms with Crippen molar-refractivity contribution in [1.29, 1.82) is 0 Å². The summed E-state index contributed by atoms with van der Waals surface area (Å²) in [5, 5.41) is 3.27. The fourth-order valence-corrected chi connectivity index (χ4v) is 4.38. The number of piperidine rings is 1. The van der Waals surface area contributed by atoms with Gasteiger partial charge in [0.2, 0.25) is 5.91 Å². The van der Waals surface area contributed by atoms with Crippen molar-refractivity contribution < 1.29 is 14.4 Å². The number of urea groups is 1. The Morgan fingerprint density at radius 2 is 1.81 bits per heavy atom. The zero-order valence-electron chi connectivity index (χ0n) is 15.6. The highest BCUT2D eigenvalue weighted by atomic mass is 16.2. The maximum Gasteiger partial charge on any atom is 0.328 e. The van der Waals surface area contributed by atoms with Crippen LogP contribution in [0, 0.1) is 5.92 Å². The van der Waals surface area contributed by atoms with E-state index >= 15 is 0 Å². The number of carbonyl (C=O) groups excluding carboxylic acids is 3. The second-order valence-electron chi connectivity index (χ2n) is 7.60. The quantitative estimate of drug-likeness (QED) is 0.812. The molecule has 3 heterocycles. The Morgan fingerprint density at radius 1 is 1.11 bits per heavy atom. The van der Waals surface area contributed by atoms with Gasteiger partial charge in [0.05, 0.1) is 12.6 Å². The maximum absolute atomic E-state index is 13.0. The van der Waals surface area contributed by atoms with E-state index in [-0.39, 0.29) is 29.8 Å². The number of nitrogens with zero attached hydrogens (tertiary/aromatic N) is 3. The van der Waals surface area contributed by atoms with Gasteiger partial charge in [-0.05, 0) is 38.4 Å². The van der Waals surface area contributed by atoms with Crippen molar-refractivity contribution in [1.82, 2.24) is 20.0 Å². The first-order valence-electron chi connectivity index (χ1n) is 9.76. The normalized spacial score (nSPS) is 24.9. The highest BCUT2D eigenvalue weighted by molar-refractivity contribution is 6.05. The molecule has 2 atom stereocenters. The van der Waals surface area contributed by atoms with Crippen LogP contribution in [0.4, 0.5) is 4.79 Å². The van der Waals surface area contributed by atoms with Crippen LogP contribution in [0.5, 0.6) is 0 Å². The van der Waals surface area contributed by atoms with Crippen LogP contribution in [0.3, 0.4) is 0 Å². The molecule has 7 nitrogen and oxygen atoms in total. The van der Waals surface area contributed by atoms with Crippen LogP contribution >= 0.6 is 0 Å². The number of hydrogen-bond donors (Lipinski definition) is 1. The van der Waals surface area contributed by atoms with Crippen LogP contribution in [0.2, 0.25) is 0 Å². The molecule has 0 bridgehead atoms. The summed E-state index contributed by atoms with van der Waals surface area (Å²) in [6.07, 6.45) is 1.68. The van der Waals surface area contributed by atoms with Gasteiger partial charge in [0, 0.05) is 19.0 Å². The van der Waals surface area contributed by atoms with Gasteiger partial charge in [0.1, 0.15) is 6.04 Å². The first-order chi connectivity index (χ1) is 13.1. The summed E-state index contributed by atoms with van der Waals surface area (Å²) in [5.74, 6) is -0.0329. The third-order valence-electron chi connectivity index (χ3n) is 6.02. The third kappa shape index (κ3) is 3.20. The van der Waals surface area contributed by atoms with E-state index in [0.29, 0.717) is 19.6 Å². The molecule has 7 heteroatoms. The number of benzene rings is 1. The van der Waals surface area contributed by atoms with Gasteiger partial charge in [-0.2, -0.15) is 0 Å². The molecule has 27 heavy (non-hydrogen) atoms. The molecule has 0 unspecified atom stereocenters. The molecule has 4 rings (SSSR count). The molecule has 3 fully saturated rings. The largest absolute Gasteiger partial charge is 0.338 e. The standard InChI is InChI=1S/C20H26N4O3/c1-14(15-5-3-2-4-6-15)24-19(26)17-13-22(11-12-23(17)20(24)27)18(25)16-7-9-21-10-8-16/h2-6,14,16-17,21H,7-13H2,1H3/t14-,17+/m1/s1. The van der Waals surface area contributed by atoms with Crippen molar-refractivity contribution >= 4 is 17.8 Å². The van der Waals surface area contributed by atoms with Crippen LogP contribution < -0.4 is 5.32 Å². The predicted octanol–water partition coefficient (Wildman–Crippen LogP) is 1.22. The van der Waals surface area contributed by atoms with Crippen LogP contribution in [-0.4, -0.2) is 71.3 Å². The van der Waals surface area contributed by atoms with Gasteiger partial charge in [0.15, 0.2) is 0 Å². The fourth-order valence-electron chi connectivity index (χ4n) is 4.38. The number of fused-ring (bicyclic) bond motifs is 1. The summed E-state index contributed by atoms with van der Waals surface area (Å²) in [6.45, 7) is 4.84. The average Bonchev–Trinajstić information content (AvgIpc) is 2.98. The van der Waals surface area contributed by atoms with Crippen molar-refractivity contribution in [3.05, 3.63) is 35.9 Å². The summed E-state index contributed by atoms with van der Waals surface area (Å²) in [7, 11) is 0. The molecule has 3 aliphatic heterocycles. The van der Waals surface area contributed by atoms with Gasteiger partial charge in [-0.25, -0.2) is 4.79 Å². The van der Waals surface area contributed by atoms with Gasteiger partial charge >= 0.3 is 6.03 Å². The Bertz CT molecular complexity index is 732. The van der Waals surface area contributed by atoms with E-state index in [1.54, 1.807) is 9.80 Å². The number of carbonyl (C=O) groups is 3. The molecule has 1 aromatic carbocycles. The Balaban J connectivity index is 1.48. The molecule has 3 saturated heterocycles. The summed E-state index contributed by atoms with van der Waals surface area (Å²) in [4.78, 5) is 43.5. The zero-order chi connectivity index (χ0) is 19.0. The Labute approximate surface area is 159 Å². The summed E-state index contributed by atoms with van der Waals surface area (Å²) in [5.41, 5.74) is 0.932. The van der Waals surface area contributed by atoms with Crippen molar-refractivity contribution in [3.8, 4) is 0 Å². The van der Waals surface area contributed by atoms with Crippen molar-refractivity contribution in [2.75, 3.05) is 32.7 Å². The van der Waals surface area contributed by atoms with Crippen LogP contribution in [0.25, 0.3) is 0 Å². The minimum atomic E-state index is -0.553. The minimum absolute atomic E-state index is 0.0318. The van der Waals surface area contributed by atoms with Crippen molar-refractivity contribution in [3.63, 3.8) is 0 Å². The second kappa shape index (κ2) is 7.31. The molecule has 1 N–H and O–H groups in total. The molecule has 0 saturated carbocycles. The molecule has 3 aliphatic rings. The predicted molar refractivity (Wildman–Crippen MR) is 99.8 cm³/mol. The van der Waals surface area contributed by atoms with E-state index in [1.807, 2.05) is 37.3 Å². The number of rotatable bonds is 3. The minimum Gasteiger partial charge on any atom is -0.338 e. The zero-order valence-corrected chi connectivity index (χ0v) is 15.6. The van der Waals surface area contributed by atoms with E-state index in [4.69, 9.17) is 0 Å². The van der Waals surface area contributed by atoms with Gasteiger partial charge < -0.3 is 15.1 Å². The van der Waals surface area contributed by atoms with Crippen LogP contribution in [0.1, 0.15) is 31.4 Å². The SMILES string of the molecule is C[C@H](c1ccccc1)N1C(=O)[C@@H]2CN(C(=O)C3CCNCC3)CCN2C1=O.